The van der Waals surface area contributed by atoms with Gasteiger partial charge in [-0.1, -0.05) is 19.1 Å². The molecule has 0 saturated heterocycles. The van der Waals surface area contributed by atoms with Gasteiger partial charge in [-0.2, -0.15) is 18.3 Å². The van der Waals surface area contributed by atoms with Crippen LogP contribution >= 0.6 is 0 Å². The number of rotatable bonds is 5. The molecule has 0 fully saturated rings. The minimum atomic E-state index is -4.74. The highest BCUT2D eigenvalue weighted by molar-refractivity contribution is 5.96. The normalized spacial score (nSPS) is 11.6. The predicted molar refractivity (Wildman–Crippen MR) is 80.1 cm³/mol. The summed E-state index contributed by atoms with van der Waals surface area (Å²) < 4.78 is 53.7. The Kier molecular flexibility index (Phi) is 5.26. The monoisotopic (exact) mass is 343 g/mol. The second-order valence-corrected chi connectivity index (χ2v) is 5.35. The molecule has 2 rings (SSSR count). The topological polar surface area (TPSA) is 46.9 Å². The SMILES string of the molecule is CCCNC(=O)c1c(C(F)(F)F)nn(Cc2ccc(F)cc2)c1C. The zero-order valence-electron chi connectivity index (χ0n) is 13.2. The molecule has 24 heavy (non-hydrogen) atoms. The second kappa shape index (κ2) is 7.02. The lowest BCUT2D eigenvalue weighted by molar-refractivity contribution is -0.141. The first-order valence-electron chi connectivity index (χ1n) is 7.41. The molecule has 0 saturated carbocycles. The molecule has 0 aliphatic rings. The summed E-state index contributed by atoms with van der Waals surface area (Å²) in [6.07, 6.45) is -4.13. The average molecular weight is 343 g/mol. The van der Waals surface area contributed by atoms with Crippen LogP contribution in [0.15, 0.2) is 24.3 Å². The van der Waals surface area contributed by atoms with Crippen molar-refractivity contribution in [3.63, 3.8) is 0 Å². The Morgan fingerprint density at radius 1 is 1.25 bits per heavy atom. The fraction of sp³-hybridized carbons (Fsp3) is 0.375. The maximum absolute atomic E-state index is 13.2. The van der Waals surface area contributed by atoms with Crippen LogP contribution in [0.1, 0.15) is 40.7 Å². The highest BCUT2D eigenvalue weighted by Crippen LogP contribution is 2.32. The van der Waals surface area contributed by atoms with E-state index in [1.165, 1.54) is 31.2 Å². The Labute approximate surface area is 136 Å². The molecule has 1 N–H and O–H groups in total. The zero-order valence-corrected chi connectivity index (χ0v) is 13.2. The van der Waals surface area contributed by atoms with Gasteiger partial charge in [0.2, 0.25) is 0 Å². The fourth-order valence-electron chi connectivity index (χ4n) is 2.26. The van der Waals surface area contributed by atoms with Gasteiger partial charge in [-0.3, -0.25) is 9.48 Å². The van der Waals surface area contributed by atoms with E-state index in [2.05, 4.69) is 10.4 Å². The van der Waals surface area contributed by atoms with E-state index < -0.39 is 29.2 Å². The van der Waals surface area contributed by atoms with Gasteiger partial charge in [0, 0.05) is 12.2 Å². The Morgan fingerprint density at radius 3 is 2.42 bits per heavy atom. The number of carbonyl (C=O) groups is 1. The summed E-state index contributed by atoms with van der Waals surface area (Å²) in [5.41, 5.74) is -0.995. The van der Waals surface area contributed by atoms with Crippen LogP contribution in [0, 0.1) is 12.7 Å². The van der Waals surface area contributed by atoms with E-state index in [1.54, 1.807) is 6.92 Å². The molecule has 130 valence electrons. The van der Waals surface area contributed by atoms with Crippen molar-refractivity contribution in [3.8, 4) is 0 Å². The molecule has 0 bridgehead atoms. The van der Waals surface area contributed by atoms with Crippen molar-refractivity contribution >= 4 is 5.91 Å². The Balaban J connectivity index is 2.41. The minimum absolute atomic E-state index is 0.0102. The largest absolute Gasteiger partial charge is 0.435 e. The number of hydrogen-bond donors (Lipinski definition) is 1. The van der Waals surface area contributed by atoms with Crippen LogP contribution < -0.4 is 5.32 Å². The lowest BCUT2D eigenvalue weighted by Gasteiger charge is -2.07. The number of halogens is 4. The van der Waals surface area contributed by atoms with Gasteiger partial charge in [-0.25, -0.2) is 4.39 Å². The van der Waals surface area contributed by atoms with Gasteiger partial charge in [-0.15, -0.1) is 0 Å². The molecule has 0 radical (unpaired) electrons. The van der Waals surface area contributed by atoms with Gasteiger partial charge in [0.05, 0.1) is 12.1 Å². The number of nitrogens with one attached hydrogen (secondary N) is 1. The standard InChI is InChI=1S/C16H17F4N3O/c1-3-8-21-15(24)13-10(2)23(22-14(13)16(18,19)20)9-11-4-6-12(17)7-5-11/h4-7H,3,8-9H2,1-2H3,(H,21,24). The molecule has 0 unspecified atom stereocenters. The maximum atomic E-state index is 13.2. The second-order valence-electron chi connectivity index (χ2n) is 5.35. The molecule has 8 heteroatoms. The number of aromatic nitrogens is 2. The molecule has 0 atom stereocenters. The summed E-state index contributed by atoms with van der Waals surface area (Å²) in [7, 11) is 0. The van der Waals surface area contributed by atoms with Crippen LogP contribution in [-0.4, -0.2) is 22.2 Å². The Hall–Kier alpha value is -2.38. The molecular weight excluding hydrogens is 326 g/mol. The van der Waals surface area contributed by atoms with Gasteiger partial charge in [0.1, 0.15) is 5.82 Å². The average Bonchev–Trinajstić information content (AvgIpc) is 2.84. The van der Waals surface area contributed by atoms with Gasteiger partial charge < -0.3 is 5.32 Å². The molecule has 0 spiro atoms. The van der Waals surface area contributed by atoms with Crippen molar-refractivity contribution in [1.82, 2.24) is 15.1 Å². The number of hydrogen-bond acceptors (Lipinski definition) is 2. The molecule has 1 amide bonds. The van der Waals surface area contributed by atoms with E-state index in [9.17, 15) is 22.4 Å². The van der Waals surface area contributed by atoms with Crippen LogP contribution in [0.25, 0.3) is 0 Å². The Bertz CT molecular complexity index is 720. The first-order chi connectivity index (χ1) is 11.2. The van der Waals surface area contributed by atoms with Crippen molar-refractivity contribution in [1.29, 1.82) is 0 Å². The number of nitrogens with zero attached hydrogens (tertiary/aromatic N) is 2. The molecule has 1 aromatic carbocycles. The summed E-state index contributed by atoms with van der Waals surface area (Å²) in [5, 5.41) is 6.01. The third-order valence-corrected chi connectivity index (χ3v) is 3.48. The molecule has 2 aromatic rings. The molecule has 1 heterocycles. The molecular formula is C16H17F4N3O. The van der Waals surface area contributed by atoms with E-state index in [0.29, 0.717) is 12.0 Å². The van der Waals surface area contributed by atoms with E-state index >= 15 is 0 Å². The third-order valence-electron chi connectivity index (χ3n) is 3.48. The summed E-state index contributed by atoms with van der Waals surface area (Å²) in [5.74, 6) is -1.24. The van der Waals surface area contributed by atoms with Crippen molar-refractivity contribution < 1.29 is 22.4 Å². The zero-order chi connectivity index (χ0) is 17.9. The number of benzene rings is 1. The van der Waals surface area contributed by atoms with Gasteiger partial charge >= 0.3 is 6.18 Å². The van der Waals surface area contributed by atoms with Gasteiger partial charge in [0.25, 0.3) is 5.91 Å². The van der Waals surface area contributed by atoms with Crippen LogP contribution in [0.4, 0.5) is 17.6 Å². The van der Waals surface area contributed by atoms with Gasteiger partial charge in [0.15, 0.2) is 5.69 Å². The maximum Gasteiger partial charge on any atom is 0.435 e. The fourth-order valence-corrected chi connectivity index (χ4v) is 2.26. The van der Waals surface area contributed by atoms with Crippen LogP contribution in [0.3, 0.4) is 0 Å². The van der Waals surface area contributed by atoms with Crippen molar-refractivity contribution in [3.05, 3.63) is 52.6 Å². The first-order valence-corrected chi connectivity index (χ1v) is 7.41. The smallest absolute Gasteiger partial charge is 0.352 e. The number of alkyl halides is 3. The van der Waals surface area contributed by atoms with E-state index in [0.717, 1.165) is 4.68 Å². The number of carbonyl (C=O) groups excluding carboxylic acids is 1. The summed E-state index contributed by atoms with van der Waals surface area (Å²) in [6.45, 7) is 3.50. The molecule has 0 aliphatic carbocycles. The lowest BCUT2D eigenvalue weighted by Crippen LogP contribution is -2.27. The summed E-state index contributed by atoms with van der Waals surface area (Å²) in [6, 6.07) is 5.35. The molecule has 4 nitrogen and oxygen atoms in total. The number of amides is 1. The highest BCUT2D eigenvalue weighted by atomic mass is 19.4. The quantitative estimate of drug-likeness (QED) is 0.844. The van der Waals surface area contributed by atoms with E-state index in [1.807, 2.05) is 0 Å². The molecule has 0 aliphatic heterocycles. The Morgan fingerprint density at radius 2 is 1.88 bits per heavy atom. The van der Waals surface area contributed by atoms with Gasteiger partial charge in [-0.05, 0) is 31.0 Å². The van der Waals surface area contributed by atoms with Crippen LogP contribution in [0.2, 0.25) is 0 Å². The lowest BCUT2D eigenvalue weighted by atomic mass is 10.1. The van der Waals surface area contributed by atoms with Crippen LogP contribution in [-0.2, 0) is 12.7 Å². The summed E-state index contributed by atoms with van der Waals surface area (Å²) in [4.78, 5) is 12.1. The van der Waals surface area contributed by atoms with Crippen molar-refractivity contribution in [2.45, 2.75) is 33.0 Å². The predicted octanol–water partition coefficient (Wildman–Crippen LogP) is 3.54. The van der Waals surface area contributed by atoms with E-state index in [-0.39, 0.29) is 18.8 Å². The first kappa shape index (κ1) is 18.0. The third kappa shape index (κ3) is 3.93. The van der Waals surface area contributed by atoms with Crippen LogP contribution in [0.5, 0.6) is 0 Å². The van der Waals surface area contributed by atoms with E-state index in [4.69, 9.17) is 0 Å². The summed E-state index contributed by atoms with van der Waals surface area (Å²) >= 11 is 0. The highest BCUT2D eigenvalue weighted by Gasteiger charge is 2.40. The molecule has 1 aromatic heterocycles. The van der Waals surface area contributed by atoms with Crippen molar-refractivity contribution in [2.75, 3.05) is 6.54 Å². The minimum Gasteiger partial charge on any atom is -0.352 e. The van der Waals surface area contributed by atoms with Crippen molar-refractivity contribution in [2.24, 2.45) is 0 Å².